The summed E-state index contributed by atoms with van der Waals surface area (Å²) in [7, 11) is -1.45. The molecular formula is C18H31N5O3S. The fourth-order valence-electron chi connectivity index (χ4n) is 3.62. The first-order chi connectivity index (χ1) is 12.8. The first kappa shape index (κ1) is 20.5. The quantitative estimate of drug-likeness (QED) is 0.751. The van der Waals surface area contributed by atoms with Crippen molar-refractivity contribution in [3.05, 3.63) is 18.3 Å². The molecule has 2 atom stereocenters. The van der Waals surface area contributed by atoms with E-state index in [1.54, 1.807) is 12.1 Å². The van der Waals surface area contributed by atoms with Crippen LogP contribution in [0, 0.1) is 0 Å². The number of piperazine rings is 1. The Labute approximate surface area is 162 Å². The molecule has 0 saturated carbocycles. The molecule has 2 aliphatic rings. The number of hydrogen-bond donors (Lipinski definition) is 1. The van der Waals surface area contributed by atoms with Crippen molar-refractivity contribution in [2.24, 2.45) is 0 Å². The third-order valence-corrected chi connectivity index (χ3v) is 6.95. The lowest BCUT2D eigenvalue weighted by Gasteiger charge is -2.35. The summed E-state index contributed by atoms with van der Waals surface area (Å²) in [6, 6.07) is 3.38. The van der Waals surface area contributed by atoms with Crippen molar-refractivity contribution in [1.29, 1.82) is 0 Å². The van der Waals surface area contributed by atoms with Gasteiger partial charge in [-0.2, -0.15) is 4.31 Å². The summed E-state index contributed by atoms with van der Waals surface area (Å²) in [4.78, 5) is 9.06. The molecule has 0 aromatic carbocycles. The molecule has 0 spiro atoms. The summed E-state index contributed by atoms with van der Waals surface area (Å²) >= 11 is 0. The van der Waals surface area contributed by atoms with Crippen LogP contribution in [0.5, 0.6) is 0 Å². The average Bonchev–Trinajstić information content (AvgIpc) is 2.62. The minimum atomic E-state index is -3.46. The predicted molar refractivity (Wildman–Crippen MR) is 105 cm³/mol. The molecule has 0 bridgehead atoms. The Morgan fingerprint density at radius 2 is 1.81 bits per heavy atom. The molecule has 2 fully saturated rings. The number of pyridine rings is 1. The number of likely N-dealkylation sites (N-methyl/N-ethyl adjacent to an activating group) is 1. The van der Waals surface area contributed by atoms with Gasteiger partial charge >= 0.3 is 0 Å². The van der Waals surface area contributed by atoms with Crippen molar-refractivity contribution < 1.29 is 13.2 Å². The summed E-state index contributed by atoms with van der Waals surface area (Å²) in [5.74, 6) is 0.696. The van der Waals surface area contributed by atoms with Gasteiger partial charge in [-0.25, -0.2) is 13.4 Å². The summed E-state index contributed by atoms with van der Waals surface area (Å²) < 4.78 is 32.7. The van der Waals surface area contributed by atoms with Gasteiger partial charge in [-0.15, -0.1) is 0 Å². The summed E-state index contributed by atoms with van der Waals surface area (Å²) in [6.07, 6.45) is 1.96. The number of anilines is 1. The van der Waals surface area contributed by atoms with Crippen molar-refractivity contribution in [2.45, 2.75) is 31.0 Å². The zero-order valence-corrected chi connectivity index (χ0v) is 17.3. The Morgan fingerprint density at radius 3 is 2.41 bits per heavy atom. The van der Waals surface area contributed by atoms with Gasteiger partial charge in [-0.1, -0.05) is 0 Å². The largest absolute Gasteiger partial charge is 0.373 e. The van der Waals surface area contributed by atoms with Gasteiger partial charge < -0.3 is 15.0 Å². The van der Waals surface area contributed by atoms with Crippen LogP contribution in [0.2, 0.25) is 0 Å². The van der Waals surface area contributed by atoms with Crippen molar-refractivity contribution in [2.75, 3.05) is 64.7 Å². The van der Waals surface area contributed by atoms with Crippen molar-refractivity contribution in [3.8, 4) is 0 Å². The van der Waals surface area contributed by atoms with E-state index >= 15 is 0 Å². The van der Waals surface area contributed by atoms with Crippen molar-refractivity contribution in [3.63, 3.8) is 0 Å². The first-order valence-electron chi connectivity index (χ1n) is 9.61. The minimum Gasteiger partial charge on any atom is -0.373 e. The molecular weight excluding hydrogens is 366 g/mol. The van der Waals surface area contributed by atoms with E-state index in [9.17, 15) is 8.42 Å². The molecule has 2 unspecified atom stereocenters. The van der Waals surface area contributed by atoms with Crippen LogP contribution in [0.25, 0.3) is 0 Å². The number of sulfonamides is 1. The van der Waals surface area contributed by atoms with Crippen LogP contribution >= 0.6 is 0 Å². The van der Waals surface area contributed by atoms with Crippen LogP contribution in [0.15, 0.2) is 23.2 Å². The monoisotopic (exact) mass is 397 g/mol. The van der Waals surface area contributed by atoms with E-state index < -0.39 is 10.0 Å². The SMILES string of the molecule is CC1CN(CCNc2ccc(S(=O)(=O)N3CCN(C)CC3)cn2)CC(C)O1. The third-order valence-electron chi connectivity index (χ3n) is 5.07. The molecule has 3 rings (SSSR count). The molecule has 1 aromatic rings. The molecule has 1 aromatic heterocycles. The van der Waals surface area contributed by atoms with Gasteiger partial charge in [0, 0.05) is 58.6 Å². The highest BCUT2D eigenvalue weighted by Gasteiger charge is 2.27. The lowest BCUT2D eigenvalue weighted by atomic mass is 10.2. The van der Waals surface area contributed by atoms with Gasteiger partial charge in [0.2, 0.25) is 10.0 Å². The second kappa shape index (κ2) is 8.83. The van der Waals surface area contributed by atoms with Crippen molar-refractivity contribution >= 4 is 15.8 Å². The standard InChI is InChI=1S/C18H31N5O3S/c1-15-13-22(14-16(2)26-15)7-6-19-18-5-4-17(12-20-18)27(24,25)23-10-8-21(3)9-11-23/h4-5,12,15-16H,6-11,13-14H2,1-3H3,(H,19,20). The zero-order chi connectivity index (χ0) is 19.4. The van der Waals surface area contributed by atoms with Crippen LogP contribution < -0.4 is 5.32 Å². The van der Waals surface area contributed by atoms with E-state index in [4.69, 9.17) is 4.74 Å². The zero-order valence-electron chi connectivity index (χ0n) is 16.5. The summed E-state index contributed by atoms with van der Waals surface area (Å²) in [6.45, 7) is 10.3. The normalized spacial score (nSPS) is 26.2. The number of aromatic nitrogens is 1. The lowest BCUT2D eigenvalue weighted by molar-refractivity contribution is -0.0667. The van der Waals surface area contributed by atoms with E-state index in [1.807, 2.05) is 7.05 Å². The molecule has 0 amide bonds. The lowest BCUT2D eigenvalue weighted by Crippen LogP contribution is -2.47. The van der Waals surface area contributed by atoms with Crippen LogP contribution in [-0.4, -0.2) is 99.1 Å². The number of morpholine rings is 1. The average molecular weight is 398 g/mol. The highest BCUT2D eigenvalue weighted by atomic mass is 32.2. The van der Waals surface area contributed by atoms with Crippen LogP contribution in [-0.2, 0) is 14.8 Å². The number of hydrogen-bond acceptors (Lipinski definition) is 7. The molecule has 3 heterocycles. The van der Waals surface area contributed by atoms with Gasteiger partial charge in [0.05, 0.1) is 12.2 Å². The van der Waals surface area contributed by atoms with E-state index in [-0.39, 0.29) is 17.1 Å². The smallest absolute Gasteiger partial charge is 0.244 e. The first-order valence-corrected chi connectivity index (χ1v) is 11.0. The number of ether oxygens (including phenoxy) is 1. The Balaban J connectivity index is 1.51. The Hall–Kier alpha value is -1.26. The predicted octanol–water partition coefficient (Wildman–Crippen LogP) is 0.539. The maximum Gasteiger partial charge on any atom is 0.244 e. The minimum absolute atomic E-state index is 0.255. The Morgan fingerprint density at radius 1 is 1.15 bits per heavy atom. The van der Waals surface area contributed by atoms with Gasteiger partial charge in [0.25, 0.3) is 0 Å². The maximum absolute atomic E-state index is 12.7. The molecule has 8 nitrogen and oxygen atoms in total. The highest BCUT2D eigenvalue weighted by Crippen LogP contribution is 2.18. The van der Waals surface area contributed by atoms with E-state index in [0.29, 0.717) is 18.9 Å². The molecule has 152 valence electrons. The van der Waals surface area contributed by atoms with Crippen LogP contribution in [0.1, 0.15) is 13.8 Å². The van der Waals surface area contributed by atoms with Gasteiger partial charge in [-0.05, 0) is 33.0 Å². The fourth-order valence-corrected chi connectivity index (χ4v) is 4.99. The number of nitrogens with zero attached hydrogens (tertiary/aromatic N) is 4. The Bertz CT molecular complexity index is 694. The maximum atomic E-state index is 12.7. The second-order valence-corrected chi connectivity index (χ2v) is 9.47. The highest BCUT2D eigenvalue weighted by molar-refractivity contribution is 7.89. The third kappa shape index (κ3) is 5.39. The van der Waals surface area contributed by atoms with E-state index in [0.717, 1.165) is 39.3 Å². The molecule has 0 aliphatic carbocycles. The molecule has 2 saturated heterocycles. The fraction of sp³-hybridized carbons (Fsp3) is 0.722. The van der Waals surface area contributed by atoms with Gasteiger partial charge in [0.1, 0.15) is 10.7 Å². The summed E-state index contributed by atoms with van der Waals surface area (Å²) in [5.41, 5.74) is 0. The van der Waals surface area contributed by atoms with E-state index in [2.05, 4.69) is 33.9 Å². The molecule has 1 N–H and O–H groups in total. The second-order valence-electron chi connectivity index (χ2n) is 7.53. The van der Waals surface area contributed by atoms with Crippen LogP contribution in [0.3, 0.4) is 0 Å². The topological polar surface area (TPSA) is 78.0 Å². The molecule has 9 heteroatoms. The molecule has 27 heavy (non-hydrogen) atoms. The van der Waals surface area contributed by atoms with Crippen LogP contribution in [0.4, 0.5) is 5.82 Å². The summed E-state index contributed by atoms with van der Waals surface area (Å²) in [5, 5.41) is 3.28. The van der Waals surface area contributed by atoms with Crippen molar-refractivity contribution in [1.82, 2.24) is 19.1 Å². The Kier molecular flexibility index (Phi) is 6.69. The number of rotatable bonds is 6. The van der Waals surface area contributed by atoms with E-state index in [1.165, 1.54) is 10.5 Å². The molecule has 2 aliphatic heterocycles. The molecule has 0 radical (unpaired) electrons. The number of nitrogens with one attached hydrogen (secondary N) is 1. The van der Waals surface area contributed by atoms with Gasteiger partial charge in [0.15, 0.2) is 0 Å². The van der Waals surface area contributed by atoms with Gasteiger partial charge in [-0.3, -0.25) is 4.90 Å².